The maximum absolute atomic E-state index is 11.8. The number of amides is 1. The Kier molecular flexibility index (Phi) is 3.55. The Morgan fingerprint density at radius 1 is 1.53 bits per heavy atom. The Morgan fingerprint density at radius 2 is 2.20 bits per heavy atom. The third kappa shape index (κ3) is 6.52. The van der Waals surface area contributed by atoms with Crippen LogP contribution in [0.1, 0.15) is 21.6 Å². The summed E-state index contributed by atoms with van der Waals surface area (Å²) >= 11 is 1.28. The van der Waals surface area contributed by atoms with Crippen molar-refractivity contribution >= 4 is 23.5 Å². The molecule has 0 radical (unpaired) electrons. The van der Waals surface area contributed by atoms with Gasteiger partial charge in [0.25, 0.3) is 0 Å². The predicted molar refractivity (Wildman–Crippen MR) is 64.2 cm³/mol. The summed E-state index contributed by atoms with van der Waals surface area (Å²) in [4.78, 5) is 22.9. The maximum atomic E-state index is 11.8. The van der Waals surface area contributed by atoms with E-state index in [2.05, 4.69) is 5.32 Å². The number of Topliss-reactive ketones (excluding diaryl/α,β-unsaturated/α-hetero) is 1. The first kappa shape index (κ1) is 6.91. The Hall–Kier alpha value is -0.550. The number of nitrogens with one attached hydrogen (secondary N) is 1. The van der Waals surface area contributed by atoms with E-state index < -0.39 is 19.9 Å². The summed E-state index contributed by atoms with van der Waals surface area (Å²) in [5, 5.41) is 2.82. The van der Waals surface area contributed by atoms with Crippen LogP contribution in [0, 0.1) is 0 Å². The lowest BCUT2D eigenvalue weighted by Gasteiger charge is -2.13. The van der Waals surface area contributed by atoms with Crippen LogP contribution in [0.3, 0.4) is 0 Å². The lowest BCUT2D eigenvalue weighted by Crippen LogP contribution is -2.34. The highest BCUT2D eigenvalue weighted by Gasteiger charge is 2.11. The summed E-state index contributed by atoms with van der Waals surface area (Å²) in [6.07, 6.45) is -0.213. The summed E-state index contributed by atoms with van der Waals surface area (Å²) in [5.74, 6) is -0.317. The fourth-order valence-electron chi connectivity index (χ4n) is 0.876. The Labute approximate surface area is 104 Å². The molecule has 0 rings (SSSR count). The van der Waals surface area contributed by atoms with E-state index in [4.69, 9.17) is 8.22 Å². The number of hydrogen-bond donors (Lipinski definition) is 1. The first-order valence-corrected chi connectivity index (χ1v) is 5.65. The van der Waals surface area contributed by atoms with Crippen molar-refractivity contribution in [3.8, 4) is 0 Å². The number of likely N-dealkylation sites (N-methyl/N-ethyl adjacent to an activating group) is 1. The monoisotopic (exact) mass is 238 g/mol. The van der Waals surface area contributed by atoms with Crippen LogP contribution in [0.25, 0.3) is 0 Å². The molecule has 1 unspecified atom stereocenters. The second-order valence-corrected chi connectivity index (χ2v) is 4.16. The normalized spacial score (nSPS) is 19.9. The van der Waals surface area contributed by atoms with Crippen LogP contribution in [-0.4, -0.2) is 55.1 Å². The summed E-state index contributed by atoms with van der Waals surface area (Å²) < 4.78 is 42.8. The van der Waals surface area contributed by atoms with Gasteiger partial charge in [0.15, 0.2) is 0 Å². The van der Waals surface area contributed by atoms with Gasteiger partial charge in [0.05, 0.1) is 6.04 Å². The minimum absolute atomic E-state index is 0.0389. The molecule has 0 spiro atoms. The first-order chi connectivity index (χ1) is 9.41. The Balaban J connectivity index is 4.45. The maximum Gasteiger partial charge on any atom is 0.222 e. The summed E-state index contributed by atoms with van der Waals surface area (Å²) in [7, 11) is 1.64. The van der Waals surface area contributed by atoms with E-state index in [0.717, 1.165) is 0 Å². The van der Waals surface area contributed by atoms with Gasteiger partial charge in [0, 0.05) is 40.1 Å². The van der Waals surface area contributed by atoms with Crippen molar-refractivity contribution in [1.82, 2.24) is 10.2 Å². The largest absolute Gasteiger partial charge is 0.349 e. The summed E-state index contributed by atoms with van der Waals surface area (Å²) in [5.41, 5.74) is 0. The average Bonchev–Trinajstić information content (AvgIpc) is 2.24. The van der Waals surface area contributed by atoms with Crippen molar-refractivity contribution in [2.45, 2.75) is 19.4 Å². The molecule has 88 valence electrons. The van der Waals surface area contributed by atoms with E-state index >= 15 is 0 Å². The number of nitrogens with zero attached hydrogens (tertiary/aromatic N) is 1. The lowest BCUT2D eigenvalue weighted by atomic mass is 10.2. The molecule has 0 bridgehead atoms. The highest BCUT2D eigenvalue weighted by molar-refractivity contribution is 7.99. The quantitative estimate of drug-likeness (QED) is 0.651. The third-order valence-corrected chi connectivity index (χ3v) is 2.90. The molecule has 0 heterocycles. The minimum atomic E-state index is -3.00. The van der Waals surface area contributed by atoms with Gasteiger partial charge in [0.1, 0.15) is 5.78 Å². The van der Waals surface area contributed by atoms with Crippen LogP contribution in [-0.2, 0) is 9.59 Å². The number of carbonyl (C=O) groups is 2. The van der Waals surface area contributed by atoms with E-state index in [1.165, 1.54) is 18.7 Å². The van der Waals surface area contributed by atoms with Crippen molar-refractivity contribution < 1.29 is 17.8 Å². The van der Waals surface area contributed by atoms with Crippen LogP contribution in [0.5, 0.6) is 0 Å². The number of thioether (sulfide) groups is 1. The van der Waals surface area contributed by atoms with E-state index in [9.17, 15) is 9.59 Å². The number of rotatable bonds is 7. The third-order valence-electron chi connectivity index (χ3n) is 1.83. The number of carbonyl (C=O) groups excluding carboxylic acids is 2. The van der Waals surface area contributed by atoms with Crippen LogP contribution in [0.2, 0.25) is 0 Å². The molecule has 0 aliphatic heterocycles. The van der Waals surface area contributed by atoms with E-state index in [0.29, 0.717) is 5.75 Å². The molecule has 0 aliphatic carbocycles. The fraction of sp³-hybridized carbons (Fsp3) is 0.800. The Morgan fingerprint density at radius 3 is 2.67 bits per heavy atom. The van der Waals surface area contributed by atoms with Crippen molar-refractivity contribution in [2.75, 3.05) is 32.5 Å². The van der Waals surface area contributed by atoms with Gasteiger partial charge in [-0.05, 0) is 14.0 Å². The molecule has 15 heavy (non-hydrogen) atoms. The summed E-state index contributed by atoms with van der Waals surface area (Å²) in [6, 6.07) is -0.341. The van der Waals surface area contributed by atoms with Crippen LogP contribution >= 0.6 is 11.8 Å². The van der Waals surface area contributed by atoms with Gasteiger partial charge >= 0.3 is 0 Å². The van der Waals surface area contributed by atoms with Gasteiger partial charge in [-0.3, -0.25) is 9.59 Å². The van der Waals surface area contributed by atoms with Crippen LogP contribution < -0.4 is 5.32 Å². The zero-order valence-corrected chi connectivity index (χ0v) is 9.69. The van der Waals surface area contributed by atoms with Crippen molar-refractivity contribution in [3.63, 3.8) is 0 Å². The zero-order valence-electron chi connectivity index (χ0n) is 14.9. The molecule has 0 saturated heterocycles. The smallest absolute Gasteiger partial charge is 0.222 e. The molecule has 5 heteroatoms. The standard InChI is InChI=1S/C10H20N2O2S/c1-8(13)9(11-2)7-15-6-5-10(14)12(3)4/h9,11H,5-7H2,1-4H3/i3D3,4D3. The highest BCUT2D eigenvalue weighted by Crippen LogP contribution is 2.06. The zero-order chi connectivity index (χ0) is 16.8. The number of ketones is 1. The molecule has 1 atom stereocenters. The van der Waals surface area contributed by atoms with Gasteiger partial charge in [-0.15, -0.1) is 0 Å². The molecule has 0 aromatic carbocycles. The van der Waals surface area contributed by atoms with Gasteiger partial charge in [0.2, 0.25) is 5.91 Å². The fourth-order valence-corrected chi connectivity index (χ4v) is 2.00. The van der Waals surface area contributed by atoms with Crippen LogP contribution in [0.4, 0.5) is 0 Å². The highest BCUT2D eigenvalue weighted by atomic mass is 32.2. The van der Waals surface area contributed by atoms with Gasteiger partial charge in [-0.2, -0.15) is 11.8 Å². The molecule has 1 N–H and O–H groups in total. The van der Waals surface area contributed by atoms with Crippen LogP contribution in [0.15, 0.2) is 0 Å². The SMILES string of the molecule is [2H]C([2H])([2H])N(C(=O)CCSCC(NC)C(C)=O)C([2H])([2H])[2H]. The molecular formula is C10H20N2O2S. The Bertz CT molecular complexity index is 358. The molecule has 4 nitrogen and oxygen atoms in total. The number of hydrogen-bond acceptors (Lipinski definition) is 4. The van der Waals surface area contributed by atoms with E-state index in [-0.39, 0.29) is 28.9 Å². The summed E-state index contributed by atoms with van der Waals surface area (Å²) in [6.45, 7) is -4.56. The second kappa shape index (κ2) is 7.70. The molecule has 0 aliphatic rings. The van der Waals surface area contributed by atoms with Crippen molar-refractivity contribution in [2.24, 2.45) is 0 Å². The molecule has 0 fully saturated rings. The van der Waals surface area contributed by atoms with Crippen molar-refractivity contribution in [1.29, 1.82) is 0 Å². The minimum Gasteiger partial charge on any atom is -0.349 e. The average molecular weight is 238 g/mol. The van der Waals surface area contributed by atoms with Gasteiger partial charge in [-0.25, -0.2) is 0 Å². The predicted octanol–water partition coefficient (Wildman–Crippen LogP) is 0.375. The molecule has 0 saturated carbocycles. The van der Waals surface area contributed by atoms with E-state index in [1.54, 1.807) is 7.05 Å². The van der Waals surface area contributed by atoms with Gasteiger partial charge in [-0.1, -0.05) is 0 Å². The van der Waals surface area contributed by atoms with Crippen molar-refractivity contribution in [3.05, 3.63) is 0 Å². The topological polar surface area (TPSA) is 49.4 Å². The lowest BCUT2D eigenvalue weighted by molar-refractivity contribution is -0.128. The first-order valence-electron chi connectivity index (χ1n) is 7.50. The molecule has 0 aromatic rings. The van der Waals surface area contributed by atoms with E-state index in [1.807, 2.05) is 0 Å². The second-order valence-electron chi connectivity index (χ2n) is 3.01. The molecular weight excluding hydrogens is 212 g/mol. The molecule has 0 aromatic heterocycles. The molecule has 1 amide bonds. The van der Waals surface area contributed by atoms with Gasteiger partial charge < -0.3 is 10.2 Å².